The summed E-state index contributed by atoms with van der Waals surface area (Å²) in [5.74, 6) is 0. The van der Waals surface area contributed by atoms with Gasteiger partial charge in [0.25, 0.3) is 0 Å². The van der Waals surface area contributed by atoms with Gasteiger partial charge in [-0.2, -0.15) is 0 Å². The molecular formula is C40H30S. The number of fused-ring (bicyclic) bond motifs is 9. The van der Waals surface area contributed by atoms with Gasteiger partial charge in [-0.25, -0.2) is 0 Å². The SMILES string of the molecule is CC(C)(C)c1c(-c2ccc3c4ccccc4c4ccccc4c3c2)cccc1-c1cc2ccc3ccccc3c2s1. The zero-order chi connectivity index (χ0) is 27.7. The van der Waals surface area contributed by atoms with E-state index in [1.54, 1.807) is 0 Å². The monoisotopic (exact) mass is 542 g/mol. The average molecular weight is 543 g/mol. The summed E-state index contributed by atoms with van der Waals surface area (Å²) in [6, 6.07) is 47.3. The number of hydrogen-bond donors (Lipinski definition) is 0. The summed E-state index contributed by atoms with van der Waals surface area (Å²) in [5, 5.41) is 11.8. The Morgan fingerprint density at radius 2 is 1.00 bits per heavy atom. The lowest BCUT2D eigenvalue weighted by atomic mass is 9.78. The molecule has 0 amide bonds. The molecule has 0 saturated heterocycles. The van der Waals surface area contributed by atoms with Gasteiger partial charge in [0, 0.05) is 9.58 Å². The minimum Gasteiger partial charge on any atom is -0.135 e. The molecule has 1 heteroatoms. The van der Waals surface area contributed by atoms with Crippen LogP contribution >= 0.6 is 11.3 Å². The summed E-state index contributed by atoms with van der Waals surface area (Å²) in [4.78, 5) is 1.33. The highest BCUT2D eigenvalue weighted by Gasteiger charge is 2.25. The smallest absolute Gasteiger partial charge is 0.0427 e. The Bertz CT molecular complexity index is 2260. The zero-order valence-electron chi connectivity index (χ0n) is 23.5. The molecular weight excluding hydrogens is 513 g/mol. The molecule has 1 heterocycles. The van der Waals surface area contributed by atoms with E-state index in [4.69, 9.17) is 0 Å². The van der Waals surface area contributed by atoms with Crippen molar-refractivity contribution in [3.05, 3.63) is 133 Å². The highest BCUT2D eigenvalue weighted by Crippen LogP contribution is 2.46. The van der Waals surface area contributed by atoms with Gasteiger partial charge in [0.05, 0.1) is 0 Å². The molecule has 8 aromatic rings. The molecule has 0 nitrogen and oxygen atoms in total. The van der Waals surface area contributed by atoms with Crippen molar-refractivity contribution in [1.82, 2.24) is 0 Å². The number of thiophene rings is 1. The molecule has 0 aliphatic heterocycles. The van der Waals surface area contributed by atoms with E-state index in [0.717, 1.165) is 0 Å². The van der Waals surface area contributed by atoms with E-state index >= 15 is 0 Å². The van der Waals surface area contributed by atoms with E-state index in [1.165, 1.54) is 80.3 Å². The summed E-state index contributed by atoms with van der Waals surface area (Å²) in [6.07, 6.45) is 0. The highest BCUT2D eigenvalue weighted by molar-refractivity contribution is 7.23. The Kier molecular flexibility index (Phi) is 5.36. The topological polar surface area (TPSA) is 0 Å². The molecule has 7 aromatic carbocycles. The Morgan fingerprint density at radius 3 is 1.68 bits per heavy atom. The standard InChI is InChI=1S/C40H30S/c1-40(2,3)38-28(17-10-18-35(38)37-24-27-20-19-25-11-4-5-12-29(25)39(27)41-37)26-21-22-34-32-15-7-6-13-30(32)31-14-8-9-16-33(31)36(34)23-26/h4-24H,1-3H3. The molecule has 0 fully saturated rings. The van der Waals surface area contributed by atoms with Crippen LogP contribution < -0.4 is 0 Å². The van der Waals surface area contributed by atoms with Gasteiger partial charge in [-0.15, -0.1) is 11.3 Å². The van der Waals surface area contributed by atoms with Crippen molar-refractivity contribution in [3.8, 4) is 21.6 Å². The van der Waals surface area contributed by atoms with Gasteiger partial charge < -0.3 is 0 Å². The first kappa shape index (κ1) is 24.3. The fraction of sp³-hybridized carbons (Fsp3) is 0.100. The van der Waals surface area contributed by atoms with Crippen molar-refractivity contribution < 1.29 is 0 Å². The first-order valence-corrected chi connectivity index (χ1v) is 15.2. The fourth-order valence-electron chi connectivity index (χ4n) is 6.78. The first-order chi connectivity index (χ1) is 20.0. The summed E-state index contributed by atoms with van der Waals surface area (Å²) in [7, 11) is 0. The average Bonchev–Trinajstić information content (AvgIpc) is 3.45. The van der Waals surface area contributed by atoms with Crippen LogP contribution in [0.3, 0.4) is 0 Å². The molecule has 1 aromatic heterocycles. The molecule has 0 N–H and O–H groups in total. The Morgan fingerprint density at radius 1 is 0.439 bits per heavy atom. The second-order valence-corrected chi connectivity index (χ2v) is 13.2. The molecule has 0 spiro atoms. The van der Waals surface area contributed by atoms with Crippen LogP contribution in [0.1, 0.15) is 26.3 Å². The maximum atomic E-state index is 2.43. The van der Waals surface area contributed by atoms with Crippen LogP contribution in [0.25, 0.3) is 74.7 Å². The van der Waals surface area contributed by atoms with Gasteiger partial charge in [0.15, 0.2) is 0 Å². The van der Waals surface area contributed by atoms with Crippen molar-refractivity contribution in [1.29, 1.82) is 0 Å². The van der Waals surface area contributed by atoms with Crippen molar-refractivity contribution in [2.45, 2.75) is 26.2 Å². The van der Waals surface area contributed by atoms with Crippen molar-refractivity contribution in [3.63, 3.8) is 0 Å². The van der Waals surface area contributed by atoms with Gasteiger partial charge in [0.2, 0.25) is 0 Å². The second-order valence-electron chi connectivity index (χ2n) is 12.1. The summed E-state index contributed by atoms with van der Waals surface area (Å²) < 4.78 is 1.37. The lowest BCUT2D eigenvalue weighted by molar-refractivity contribution is 0.594. The number of hydrogen-bond acceptors (Lipinski definition) is 1. The maximum Gasteiger partial charge on any atom is 0.0427 e. The predicted octanol–water partition coefficient (Wildman–Crippen LogP) is 12.1. The normalized spacial score (nSPS) is 12.3. The van der Waals surface area contributed by atoms with Crippen LogP contribution in [0.4, 0.5) is 0 Å². The lowest BCUT2D eigenvalue weighted by Crippen LogP contribution is -2.14. The molecule has 0 atom stereocenters. The molecule has 0 radical (unpaired) electrons. The lowest BCUT2D eigenvalue weighted by Gasteiger charge is -2.27. The molecule has 196 valence electrons. The van der Waals surface area contributed by atoms with E-state index in [2.05, 4.69) is 148 Å². The highest BCUT2D eigenvalue weighted by atomic mass is 32.1. The van der Waals surface area contributed by atoms with Gasteiger partial charge >= 0.3 is 0 Å². The van der Waals surface area contributed by atoms with Crippen molar-refractivity contribution in [2.75, 3.05) is 0 Å². The molecule has 0 aliphatic carbocycles. The molecule has 0 aliphatic rings. The van der Waals surface area contributed by atoms with E-state index in [0.29, 0.717) is 0 Å². The van der Waals surface area contributed by atoms with E-state index < -0.39 is 0 Å². The molecule has 0 bridgehead atoms. The van der Waals surface area contributed by atoms with Crippen molar-refractivity contribution in [2.24, 2.45) is 0 Å². The van der Waals surface area contributed by atoms with Gasteiger partial charge in [0.1, 0.15) is 0 Å². The second kappa shape index (κ2) is 9.03. The molecule has 0 unspecified atom stereocenters. The van der Waals surface area contributed by atoms with E-state index in [9.17, 15) is 0 Å². The molecule has 0 saturated carbocycles. The summed E-state index contributed by atoms with van der Waals surface area (Å²) in [6.45, 7) is 7.05. The largest absolute Gasteiger partial charge is 0.135 e. The molecule has 8 rings (SSSR count). The molecule has 41 heavy (non-hydrogen) atoms. The Hall–Kier alpha value is -4.46. The van der Waals surface area contributed by atoms with Crippen LogP contribution in [0.2, 0.25) is 0 Å². The maximum absolute atomic E-state index is 2.43. The number of rotatable bonds is 2. The van der Waals surface area contributed by atoms with Gasteiger partial charge in [-0.1, -0.05) is 136 Å². The number of benzene rings is 7. The van der Waals surface area contributed by atoms with E-state index in [1.807, 2.05) is 11.3 Å². The minimum atomic E-state index is -0.0371. The van der Waals surface area contributed by atoms with Crippen LogP contribution in [-0.2, 0) is 5.41 Å². The van der Waals surface area contributed by atoms with Gasteiger partial charge in [-0.05, 0) is 88.3 Å². The summed E-state index contributed by atoms with van der Waals surface area (Å²) >= 11 is 1.92. The Labute approximate surface area is 244 Å². The quantitative estimate of drug-likeness (QED) is 0.191. The fourth-order valence-corrected chi connectivity index (χ4v) is 8.01. The Balaban J connectivity index is 1.40. The third-order valence-electron chi connectivity index (χ3n) is 8.54. The van der Waals surface area contributed by atoms with Crippen LogP contribution in [0.5, 0.6) is 0 Å². The predicted molar refractivity (Wildman–Crippen MR) is 181 cm³/mol. The third-order valence-corrected chi connectivity index (χ3v) is 9.76. The van der Waals surface area contributed by atoms with Crippen LogP contribution in [0.15, 0.2) is 127 Å². The van der Waals surface area contributed by atoms with Crippen LogP contribution in [0, 0.1) is 0 Å². The van der Waals surface area contributed by atoms with Crippen molar-refractivity contribution >= 4 is 64.5 Å². The zero-order valence-corrected chi connectivity index (χ0v) is 24.3. The minimum absolute atomic E-state index is 0.0371. The first-order valence-electron chi connectivity index (χ1n) is 14.4. The van der Waals surface area contributed by atoms with E-state index in [-0.39, 0.29) is 5.41 Å². The third kappa shape index (κ3) is 3.80. The van der Waals surface area contributed by atoms with Gasteiger partial charge in [-0.3, -0.25) is 0 Å². The van der Waals surface area contributed by atoms with Crippen LogP contribution in [-0.4, -0.2) is 0 Å². The summed E-state index contributed by atoms with van der Waals surface area (Å²) in [5.41, 5.74) is 5.29.